The van der Waals surface area contributed by atoms with Crippen LogP contribution in [0.2, 0.25) is 0 Å². The van der Waals surface area contributed by atoms with Gasteiger partial charge in [0.15, 0.2) is 0 Å². The summed E-state index contributed by atoms with van der Waals surface area (Å²) in [5.74, 6) is 0. The van der Waals surface area contributed by atoms with E-state index in [4.69, 9.17) is 0 Å². The quantitative estimate of drug-likeness (QED) is 0.873. The summed E-state index contributed by atoms with van der Waals surface area (Å²) >= 11 is 1.70. The van der Waals surface area contributed by atoms with Crippen molar-refractivity contribution in [3.05, 3.63) is 45.4 Å². The molecule has 0 atom stereocenters. The average Bonchev–Trinajstić information content (AvgIpc) is 2.66. The predicted molar refractivity (Wildman–Crippen MR) is 70.1 cm³/mol. The molecular formula is C13H16N2S. The molecule has 0 aliphatic rings. The number of aromatic nitrogens is 1. The second-order valence-corrected chi connectivity index (χ2v) is 4.95. The third kappa shape index (κ3) is 2.42. The van der Waals surface area contributed by atoms with Crippen molar-refractivity contribution in [3.8, 4) is 0 Å². The first-order valence-corrected chi connectivity index (χ1v) is 6.25. The Hall–Kier alpha value is -1.35. The lowest BCUT2D eigenvalue weighted by Crippen LogP contribution is -1.99. The fourth-order valence-corrected chi connectivity index (χ4v) is 2.25. The van der Waals surface area contributed by atoms with Gasteiger partial charge in [-0.1, -0.05) is 6.07 Å². The van der Waals surface area contributed by atoms with Crippen molar-refractivity contribution in [2.75, 3.05) is 5.32 Å². The molecule has 1 aromatic heterocycles. The molecular weight excluding hydrogens is 216 g/mol. The maximum Gasteiger partial charge on any atom is 0.0798 e. The number of nitrogens with zero attached hydrogens (tertiary/aromatic N) is 1. The molecule has 0 aliphatic heterocycles. The van der Waals surface area contributed by atoms with E-state index >= 15 is 0 Å². The van der Waals surface area contributed by atoms with Crippen LogP contribution >= 0.6 is 11.3 Å². The van der Waals surface area contributed by atoms with Crippen LogP contribution in [0.5, 0.6) is 0 Å². The summed E-state index contributed by atoms with van der Waals surface area (Å²) in [6.45, 7) is 7.18. The van der Waals surface area contributed by atoms with Gasteiger partial charge in [0.2, 0.25) is 0 Å². The van der Waals surface area contributed by atoms with E-state index in [1.54, 1.807) is 11.3 Å². The van der Waals surface area contributed by atoms with Crippen molar-refractivity contribution in [1.82, 2.24) is 4.98 Å². The first kappa shape index (κ1) is 11.1. The number of anilines is 1. The average molecular weight is 232 g/mol. The fraction of sp³-hybridized carbons (Fsp3) is 0.308. The molecule has 16 heavy (non-hydrogen) atoms. The molecule has 0 amide bonds. The van der Waals surface area contributed by atoms with Crippen LogP contribution in [0.3, 0.4) is 0 Å². The smallest absolute Gasteiger partial charge is 0.0798 e. The molecule has 2 rings (SSSR count). The van der Waals surface area contributed by atoms with Crippen molar-refractivity contribution in [2.24, 2.45) is 0 Å². The minimum atomic E-state index is 0.860. The normalized spacial score (nSPS) is 10.4. The molecule has 0 bridgehead atoms. The number of hydrogen-bond donors (Lipinski definition) is 1. The van der Waals surface area contributed by atoms with E-state index < -0.39 is 0 Å². The summed E-state index contributed by atoms with van der Waals surface area (Å²) in [4.78, 5) is 5.54. The summed E-state index contributed by atoms with van der Waals surface area (Å²) in [5.41, 5.74) is 6.86. The van der Waals surface area contributed by atoms with Crippen LogP contribution in [0.1, 0.15) is 21.7 Å². The van der Waals surface area contributed by atoms with Crippen molar-refractivity contribution >= 4 is 17.0 Å². The third-order valence-electron chi connectivity index (χ3n) is 2.80. The van der Waals surface area contributed by atoms with Gasteiger partial charge in [0.25, 0.3) is 0 Å². The Morgan fingerprint density at radius 3 is 2.62 bits per heavy atom. The molecule has 0 saturated carbocycles. The Labute approximate surface area is 100 Å². The molecule has 1 heterocycles. The zero-order chi connectivity index (χ0) is 11.5. The van der Waals surface area contributed by atoms with Crippen molar-refractivity contribution < 1.29 is 0 Å². The van der Waals surface area contributed by atoms with Gasteiger partial charge >= 0.3 is 0 Å². The molecule has 0 fully saturated rings. The van der Waals surface area contributed by atoms with E-state index in [2.05, 4.69) is 42.3 Å². The summed E-state index contributed by atoms with van der Waals surface area (Å²) in [6.07, 6.45) is 0. The Morgan fingerprint density at radius 2 is 2.00 bits per heavy atom. The number of rotatable bonds is 3. The van der Waals surface area contributed by atoms with Crippen molar-refractivity contribution in [1.29, 1.82) is 0 Å². The van der Waals surface area contributed by atoms with Gasteiger partial charge in [-0.05, 0) is 44.0 Å². The minimum Gasteiger partial charge on any atom is -0.380 e. The van der Waals surface area contributed by atoms with E-state index in [0.717, 1.165) is 12.2 Å². The lowest BCUT2D eigenvalue weighted by molar-refractivity contribution is 1.12. The van der Waals surface area contributed by atoms with Gasteiger partial charge in [-0.3, -0.25) is 0 Å². The Bertz CT molecular complexity index is 488. The fourth-order valence-electron chi connectivity index (χ4n) is 1.53. The van der Waals surface area contributed by atoms with Crippen LogP contribution in [-0.4, -0.2) is 4.98 Å². The summed E-state index contributed by atoms with van der Waals surface area (Å²) in [7, 11) is 0. The molecule has 2 aromatic rings. The second-order valence-electron chi connectivity index (χ2n) is 4.01. The third-order valence-corrected chi connectivity index (χ3v) is 3.74. The molecule has 2 nitrogen and oxygen atoms in total. The van der Waals surface area contributed by atoms with Gasteiger partial charge in [0.05, 0.1) is 17.7 Å². The van der Waals surface area contributed by atoms with Crippen molar-refractivity contribution in [2.45, 2.75) is 27.3 Å². The van der Waals surface area contributed by atoms with Crippen LogP contribution in [0, 0.1) is 20.8 Å². The molecule has 3 heteroatoms. The van der Waals surface area contributed by atoms with E-state index in [0.29, 0.717) is 0 Å². The van der Waals surface area contributed by atoms with Gasteiger partial charge in [0, 0.05) is 10.6 Å². The maximum atomic E-state index is 4.24. The van der Waals surface area contributed by atoms with Crippen LogP contribution in [0.15, 0.2) is 23.7 Å². The molecule has 0 radical (unpaired) electrons. The van der Waals surface area contributed by atoms with E-state index in [1.807, 2.05) is 12.4 Å². The van der Waals surface area contributed by atoms with Gasteiger partial charge < -0.3 is 5.32 Å². The van der Waals surface area contributed by atoms with Gasteiger partial charge in [-0.15, -0.1) is 11.3 Å². The summed E-state index contributed by atoms with van der Waals surface area (Å²) in [6, 6.07) is 6.46. The Balaban J connectivity index is 2.05. The zero-order valence-corrected chi connectivity index (χ0v) is 10.7. The minimum absolute atomic E-state index is 0.860. The molecule has 0 spiro atoms. The predicted octanol–water partition coefficient (Wildman–Crippen LogP) is 3.68. The lowest BCUT2D eigenvalue weighted by atomic mass is 10.1. The summed E-state index contributed by atoms with van der Waals surface area (Å²) < 4.78 is 0. The van der Waals surface area contributed by atoms with Crippen LogP contribution in [-0.2, 0) is 6.54 Å². The molecule has 0 unspecified atom stereocenters. The summed E-state index contributed by atoms with van der Waals surface area (Å²) in [5, 5.41) is 3.43. The maximum absolute atomic E-state index is 4.24. The molecule has 0 aliphatic carbocycles. The highest BCUT2D eigenvalue weighted by molar-refractivity contribution is 7.09. The molecule has 1 N–H and O–H groups in total. The molecule has 1 aromatic carbocycles. The highest BCUT2D eigenvalue weighted by atomic mass is 32.1. The SMILES string of the molecule is Cc1ccc(NCc2scnc2C)cc1C. The highest BCUT2D eigenvalue weighted by Crippen LogP contribution is 2.17. The lowest BCUT2D eigenvalue weighted by Gasteiger charge is -2.07. The topological polar surface area (TPSA) is 24.9 Å². The van der Waals surface area contributed by atoms with Gasteiger partial charge in [0.1, 0.15) is 0 Å². The largest absolute Gasteiger partial charge is 0.380 e. The van der Waals surface area contributed by atoms with Gasteiger partial charge in [-0.25, -0.2) is 4.98 Å². The molecule has 0 saturated heterocycles. The number of benzene rings is 1. The second kappa shape index (κ2) is 4.66. The van der Waals surface area contributed by atoms with E-state index in [-0.39, 0.29) is 0 Å². The molecule has 84 valence electrons. The standard InChI is InChI=1S/C13H16N2S/c1-9-4-5-12(6-10(9)2)14-7-13-11(3)15-8-16-13/h4-6,8,14H,7H2,1-3H3. The first-order valence-electron chi connectivity index (χ1n) is 5.37. The Morgan fingerprint density at radius 1 is 1.19 bits per heavy atom. The number of nitrogens with one attached hydrogen (secondary N) is 1. The highest BCUT2D eigenvalue weighted by Gasteiger charge is 2.01. The van der Waals surface area contributed by atoms with Crippen LogP contribution in [0.25, 0.3) is 0 Å². The zero-order valence-electron chi connectivity index (χ0n) is 9.87. The van der Waals surface area contributed by atoms with Crippen LogP contribution < -0.4 is 5.32 Å². The number of hydrogen-bond acceptors (Lipinski definition) is 3. The van der Waals surface area contributed by atoms with Crippen molar-refractivity contribution in [3.63, 3.8) is 0 Å². The van der Waals surface area contributed by atoms with Gasteiger partial charge in [-0.2, -0.15) is 0 Å². The van der Waals surface area contributed by atoms with Crippen LogP contribution in [0.4, 0.5) is 5.69 Å². The number of thiazole rings is 1. The van der Waals surface area contributed by atoms with E-state index in [9.17, 15) is 0 Å². The number of aryl methyl sites for hydroxylation is 3. The monoisotopic (exact) mass is 232 g/mol. The first-order chi connectivity index (χ1) is 7.66. The van der Waals surface area contributed by atoms with E-state index in [1.165, 1.54) is 21.7 Å². The Kier molecular flexibility index (Phi) is 3.25.